The van der Waals surface area contributed by atoms with Crippen LogP contribution in [0.1, 0.15) is 36.6 Å². The smallest absolute Gasteiger partial charge is 0.408 e. The SMILES string of the molecule is CC(C)[C@H](NC(=O)[C@H](Cc1ccccc1)NC(=O)OCc1ccccc1)C(O)c1c(-c2ccccc2)c1=O. The third-order valence-electron chi connectivity index (χ3n) is 6.51. The van der Waals surface area contributed by atoms with E-state index in [9.17, 15) is 19.5 Å². The number of benzene rings is 3. The second-order valence-corrected chi connectivity index (χ2v) is 9.66. The zero-order valence-electron chi connectivity index (χ0n) is 21.5. The van der Waals surface area contributed by atoms with Gasteiger partial charge in [0.15, 0.2) is 5.43 Å². The molecule has 4 aromatic carbocycles. The fourth-order valence-electron chi connectivity index (χ4n) is 4.38. The molecule has 0 bridgehead atoms. The van der Waals surface area contributed by atoms with Crippen LogP contribution in [0.3, 0.4) is 0 Å². The van der Waals surface area contributed by atoms with E-state index in [1.807, 2.05) is 105 Å². The molecule has 0 heterocycles. The number of carbonyl (C=O) groups is 2. The number of amides is 2. The Morgan fingerprint density at radius 3 is 1.95 bits per heavy atom. The van der Waals surface area contributed by atoms with Gasteiger partial charge >= 0.3 is 6.09 Å². The van der Waals surface area contributed by atoms with Crippen molar-refractivity contribution in [1.29, 1.82) is 0 Å². The molecule has 0 spiro atoms. The fourth-order valence-corrected chi connectivity index (χ4v) is 4.38. The standard InChI is InChI=1S/C31H32N2O5/c1-20(2)27(29(35)26-25(28(26)34)23-16-10-5-11-17-23)33-30(36)24(18-21-12-6-3-7-13-21)32-31(37)38-19-22-14-8-4-9-15-22/h3-17,20,24,27,29,35H,18-19H2,1-2H3,(H,32,37)(H,33,36)/t24-,27-,29?/m0/s1. The monoisotopic (exact) mass is 512 g/mol. The molecule has 3 N–H and O–H groups in total. The molecule has 1 unspecified atom stereocenters. The molecule has 0 radical (unpaired) electrons. The zero-order valence-corrected chi connectivity index (χ0v) is 21.5. The van der Waals surface area contributed by atoms with Gasteiger partial charge in [-0.15, -0.1) is 0 Å². The van der Waals surface area contributed by atoms with Crippen LogP contribution in [-0.4, -0.2) is 29.2 Å². The zero-order chi connectivity index (χ0) is 27.1. The lowest BCUT2D eigenvalue weighted by Gasteiger charge is -2.28. The highest BCUT2D eigenvalue weighted by Gasteiger charge is 2.37. The Bertz CT molecular complexity index is 1350. The first-order valence-electron chi connectivity index (χ1n) is 12.7. The van der Waals surface area contributed by atoms with Crippen LogP contribution in [0.4, 0.5) is 4.79 Å². The van der Waals surface area contributed by atoms with Gasteiger partial charge in [-0.3, -0.25) is 9.59 Å². The largest absolute Gasteiger partial charge is 0.445 e. The first kappa shape index (κ1) is 26.8. The summed E-state index contributed by atoms with van der Waals surface area (Å²) >= 11 is 0. The van der Waals surface area contributed by atoms with Crippen molar-refractivity contribution in [2.45, 2.75) is 45.1 Å². The van der Waals surface area contributed by atoms with Gasteiger partial charge in [-0.2, -0.15) is 0 Å². The lowest BCUT2D eigenvalue weighted by atomic mass is 9.95. The first-order chi connectivity index (χ1) is 18.3. The van der Waals surface area contributed by atoms with Crippen molar-refractivity contribution in [3.63, 3.8) is 0 Å². The number of rotatable bonds is 11. The number of hydrogen-bond acceptors (Lipinski definition) is 5. The third kappa shape index (κ3) is 6.75. The number of aliphatic hydroxyl groups excluding tert-OH is 1. The Morgan fingerprint density at radius 2 is 1.37 bits per heavy atom. The molecule has 0 saturated carbocycles. The highest BCUT2D eigenvalue weighted by Crippen LogP contribution is 2.33. The minimum Gasteiger partial charge on any atom is -0.445 e. The highest BCUT2D eigenvalue weighted by atomic mass is 16.5. The van der Waals surface area contributed by atoms with Gasteiger partial charge in [0.25, 0.3) is 0 Å². The van der Waals surface area contributed by atoms with E-state index >= 15 is 0 Å². The molecule has 0 aliphatic heterocycles. The van der Waals surface area contributed by atoms with E-state index in [0.29, 0.717) is 11.1 Å². The third-order valence-corrected chi connectivity index (χ3v) is 6.51. The first-order valence-corrected chi connectivity index (χ1v) is 12.7. The summed E-state index contributed by atoms with van der Waals surface area (Å²) in [6.45, 7) is 3.78. The summed E-state index contributed by atoms with van der Waals surface area (Å²) in [5, 5.41) is 16.7. The molecule has 196 valence electrons. The van der Waals surface area contributed by atoms with Crippen molar-refractivity contribution in [3.05, 3.63) is 118 Å². The number of nitrogens with one attached hydrogen (secondary N) is 2. The maximum absolute atomic E-state index is 13.5. The van der Waals surface area contributed by atoms with Crippen LogP contribution in [0.2, 0.25) is 0 Å². The molecule has 4 rings (SSSR count). The van der Waals surface area contributed by atoms with E-state index in [1.165, 1.54) is 0 Å². The number of hydrogen-bond donors (Lipinski definition) is 3. The Hall–Kier alpha value is -4.23. The molecular weight excluding hydrogens is 480 g/mol. The van der Waals surface area contributed by atoms with Crippen molar-refractivity contribution in [3.8, 4) is 11.1 Å². The summed E-state index contributed by atoms with van der Waals surface area (Å²) in [5.41, 5.74) is 3.01. The summed E-state index contributed by atoms with van der Waals surface area (Å²) in [6, 6.07) is 26.0. The van der Waals surface area contributed by atoms with Crippen molar-refractivity contribution >= 4 is 12.0 Å². The van der Waals surface area contributed by atoms with Crippen LogP contribution in [0.5, 0.6) is 0 Å². The van der Waals surface area contributed by atoms with Crippen molar-refractivity contribution in [2.24, 2.45) is 5.92 Å². The average Bonchev–Trinajstić information content (AvgIpc) is 3.61. The lowest BCUT2D eigenvalue weighted by molar-refractivity contribution is -0.125. The van der Waals surface area contributed by atoms with Gasteiger partial charge in [-0.1, -0.05) is 105 Å². The molecule has 38 heavy (non-hydrogen) atoms. The van der Waals surface area contributed by atoms with Crippen molar-refractivity contribution in [1.82, 2.24) is 10.6 Å². The molecule has 0 saturated heterocycles. The molecule has 7 heteroatoms. The molecule has 2 amide bonds. The van der Waals surface area contributed by atoms with E-state index < -0.39 is 30.2 Å². The Morgan fingerprint density at radius 1 is 0.816 bits per heavy atom. The molecule has 4 aromatic rings. The van der Waals surface area contributed by atoms with Crippen LogP contribution < -0.4 is 16.1 Å². The predicted octanol–water partition coefficient (Wildman–Crippen LogP) is 4.30. The number of carbonyl (C=O) groups excluding carboxylic acids is 2. The van der Waals surface area contributed by atoms with E-state index in [4.69, 9.17) is 4.74 Å². The van der Waals surface area contributed by atoms with Gasteiger partial charge < -0.3 is 20.5 Å². The topological polar surface area (TPSA) is 105 Å². The van der Waals surface area contributed by atoms with Crippen LogP contribution >= 0.6 is 0 Å². The van der Waals surface area contributed by atoms with E-state index in [0.717, 1.165) is 16.7 Å². The second kappa shape index (κ2) is 12.3. The van der Waals surface area contributed by atoms with Crippen LogP contribution in [0, 0.1) is 5.92 Å². The Kier molecular flexibility index (Phi) is 8.71. The number of ether oxygens (including phenoxy) is 1. The number of alkyl carbamates (subject to hydrolysis) is 1. The van der Waals surface area contributed by atoms with Crippen molar-refractivity contribution in [2.75, 3.05) is 0 Å². The molecular formula is C31H32N2O5. The van der Waals surface area contributed by atoms with Gasteiger partial charge in [0.2, 0.25) is 5.91 Å². The van der Waals surface area contributed by atoms with Gasteiger partial charge in [0.05, 0.1) is 6.04 Å². The minimum absolute atomic E-state index is 0.0677. The van der Waals surface area contributed by atoms with Gasteiger partial charge in [-0.25, -0.2) is 4.79 Å². The minimum atomic E-state index is -1.18. The summed E-state index contributed by atoms with van der Waals surface area (Å²) in [7, 11) is 0. The lowest BCUT2D eigenvalue weighted by Crippen LogP contribution is -2.53. The Balaban J connectivity index is 1.47. The summed E-state index contributed by atoms with van der Waals surface area (Å²) in [6.07, 6.45) is -1.67. The predicted molar refractivity (Wildman–Crippen MR) is 146 cm³/mol. The van der Waals surface area contributed by atoms with E-state index in [1.54, 1.807) is 0 Å². The second-order valence-electron chi connectivity index (χ2n) is 9.66. The molecule has 0 aliphatic carbocycles. The van der Waals surface area contributed by atoms with Gasteiger partial charge in [0.1, 0.15) is 18.8 Å². The van der Waals surface area contributed by atoms with Crippen LogP contribution in [0.25, 0.3) is 11.1 Å². The molecule has 0 aromatic heterocycles. The van der Waals surface area contributed by atoms with Gasteiger partial charge in [0, 0.05) is 17.5 Å². The van der Waals surface area contributed by atoms with E-state index in [2.05, 4.69) is 10.6 Å². The summed E-state index contributed by atoms with van der Waals surface area (Å²) in [5.74, 6) is -0.660. The fraction of sp³-hybridized carbons (Fsp3) is 0.258. The maximum Gasteiger partial charge on any atom is 0.408 e. The molecule has 3 atom stereocenters. The summed E-state index contributed by atoms with van der Waals surface area (Å²) in [4.78, 5) is 38.6. The van der Waals surface area contributed by atoms with Crippen LogP contribution in [0.15, 0.2) is 95.8 Å². The quantitative estimate of drug-likeness (QED) is 0.278. The van der Waals surface area contributed by atoms with E-state index in [-0.39, 0.29) is 24.4 Å². The molecule has 7 nitrogen and oxygen atoms in total. The maximum atomic E-state index is 13.5. The summed E-state index contributed by atoms with van der Waals surface area (Å²) < 4.78 is 5.34. The number of aliphatic hydroxyl groups is 1. The molecule has 0 aliphatic rings. The molecule has 0 fully saturated rings. The Labute approximate surface area is 222 Å². The van der Waals surface area contributed by atoms with Crippen molar-refractivity contribution < 1.29 is 19.4 Å². The highest BCUT2D eigenvalue weighted by molar-refractivity contribution is 5.86. The van der Waals surface area contributed by atoms with Crippen LogP contribution in [-0.2, 0) is 22.6 Å². The normalized spacial score (nSPS) is 13.6. The van der Waals surface area contributed by atoms with Gasteiger partial charge in [-0.05, 0) is 22.6 Å². The average molecular weight is 513 g/mol.